The van der Waals surface area contributed by atoms with Gasteiger partial charge in [-0.15, -0.1) is 11.3 Å². The van der Waals surface area contributed by atoms with E-state index in [2.05, 4.69) is 30.1 Å². The Bertz CT molecular complexity index is 665. The van der Waals surface area contributed by atoms with Gasteiger partial charge < -0.3 is 10.6 Å². The Morgan fingerprint density at radius 3 is 2.68 bits per heavy atom. The molecule has 0 bridgehead atoms. The lowest BCUT2D eigenvalue weighted by molar-refractivity contribution is 0.0995. The van der Waals surface area contributed by atoms with E-state index < -0.39 is 5.91 Å². The molecule has 3 heterocycles. The Balaban J connectivity index is 1.59. The first-order valence-electron chi connectivity index (χ1n) is 7.12. The van der Waals surface area contributed by atoms with Crippen LogP contribution < -0.4 is 10.6 Å². The van der Waals surface area contributed by atoms with Crippen molar-refractivity contribution in [3.05, 3.63) is 34.2 Å². The number of nitrogens with zero attached hydrogens (tertiary/aromatic N) is 5. The average molecular weight is 318 g/mol. The Kier molecular flexibility index (Phi) is 4.30. The van der Waals surface area contributed by atoms with Crippen LogP contribution in [0.25, 0.3) is 0 Å². The number of aromatic nitrogens is 3. The maximum atomic E-state index is 11.2. The first kappa shape index (κ1) is 14.9. The number of anilines is 1. The standard InChI is InChI=1S/C14H18N6OS/c1-10-17-11(9-22-10)8-19-2-4-20(5-3-19)13-7-16-6-12(18-13)14(15)21/h6-7,9H,2-5,8H2,1H3,(H2,15,21). The van der Waals surface area contributed by atoms with Gasteiger partial charge in [-0.1, -0.05) is 0 Å². The Morgan fingerprint density at radius 2 is 2.05 bits per heavy atom. The Morgan fingerprint density at radius 1 is 1.27 bits per heavy atom. The Labute approximate surface area is 132 Å². The molecule has 2 N–H and O–H groups in total. The van der Waals surface area contributed by atoms with E-state index in [4.69, 9.17) is 5.73 Å². The van der Waals surface area contributed by atoms with E-state index in [1.165, 1.54) is 6.20 Å². The van der Waals surface area contributed by atoms with Gasteiger partial charge in [0.15, 0.2) is 0 Å². The summed E-state index contributed by atoms with van der Waals surface area (Å²) in [4.78, 5) is 28.5. The molecule has 1 amide bonds. The number of carbonyl (C=O) groups is 1. The minimum Gasteiger partial charge on any atom is -0.364 e. The molecule has 0 saturated carbocycles. The zero-order valence-electron chi connectivity index (χ0n) is 12.4. The molecular formula is C14H18N6OS. The van der Waals surface area contributed by atoms with E-state index in [9.17, 15) is 4.79 Å². The summed E-state index contributed by atoms with van der Waals surface area (Å²) in [6.45, 7) is 6.46. The highest BCUT2D eigenvalue weighted by Crippen LogP contribution is 2.15. The molecule has 0 aromatic carbocycles. The molecule has 0 spiro atoms. The van der Waals surface area contributed by atoms with Crippen molar-refractivity contribution in [2.24, 2.45) is 5.73 Å². The molecule has 22 heavy (non-hydrogen) atoms. The zero-order valence-corrected chi connectivity index (χ0v) is 13.2. The maximum Gasteiger partial charge on any atom is 0.268 e. The summed E-state index contributed by atoms with van der Waals surface area (Å²) in [6, 6.07) is 0. The topological polar surface area (TPSA) is 88.2 Å². The summed E-state index contributed by atoms with van der Waals surface area (Å²) < 4.78 is 0. The van der Waals surface area contributed by atoms with Crippen LogP contribution in [-0.4, -0.2) is 51.9 Å². The number of hydrogen-bond donors (Lipinski definition) is 1. The van der Waals surface area contributed by atoms with Gasteiger partial charge >= 0.3 is 0 Å². The molecule has 2 aromatic heterocycles. The molecule has 0 unspecified atom stereocenters. The fourth-order valence-corrected chi connectivity index (χ4v) is 3.08. The summed E-state index contributed by atoms with van der Waals surface area (Å²) in [6.07, 6.45) is 3.07. The number of hydrogen-bond acceptors (Lipinski definition) is 7. The fraction of sp³-hybridized carbons (Fsp3) is 0.429. The van der Waals surface area contributed by atoms with E-state index in [1.54, 1.807) is 17.5 Å². The van der Waals surface area contributed by atoms with E-state index in [0.29, 0.717) is 5.82 Å². The number of carbonyl (C=O) groups excluding carboxylic acids is 1. The van der Waals surface area contributed by atoms with Crippen molar-refractivity contribution in [2.45, 2.75) is 13.5 Å². The van der Waals surface area contributed by atoms with Crippen LogP contribution in [0, 0.1) is 6.92 Å². The summed E-state index contributed by atoms with van der Waals surface area (Å²) in [5, 5.41) is 3.22. The van der Waals surface area contributed by atoms with Gasteiger partial charge in [-0.25, -0.2) is 9.97 Å². The van der Waals surface area contributed by atoms with Gasteiger partial charge in [-0.3, -0.25) is 14.7 Å². The summed E-state index contributed by atoms with van der Waals surface area (Å²) in [5.41, 5.74) is 6.59. The monoisotopic (exact) mass is 318 g/mol. The van der Waals surface area contributed by atoms with Crippen molar-refractivity contribution < 1.29 is 4.79 Å². The number of thiazole rings is 1. The zero-order chi connectivity index (χ0) is 15.5. The van der Waals surface area contributed by atoms with Crippen molar-refractivity contribution in [3.63, 3.8) is 0 Å². The number of aryl methyl sites for hydroxylation is 1. The molecule has 0 atom stereocenters. The lowest BCUT2D eigenvalue weighted by Crippen LogP contribution is -2.46. The van der Waals surface area contributed by atoms with Crippen LogP contribution in [-0.2, 0) is 6.54 Å². The van der Waals surface area contributed by atoms with Crippen LogP contribution in [0.3, 0.4) is 0 Å². The molecule has 1 fully saturated rings. The third-order valence-corrected chi connectivity index (χ3v) is 4.45. The molecule has 0 aliphatic carbocycles. The molecule has 116 valence electrons. The molecular weight excluding hydrogens is 300 g/mol. The summed E-state index contributed by atoms with van der Waals surface area (Å²) in [7, 11) is 0. The molecule has 7 nitrogen and oxygen atoms in total. The summed E-state index contributed by atoms with van der Waals surface area (Å²) >= 11 is 1.68. The fourth-order valence-electron chi connectivity index (χ4n) is 2.47. The summed E-state index contributed by atoms with van der Waals surface area (Å²) in [5.74, 6) is 0.160. The van der Waals surface area contributed by atoms with E-state index in [-0.39, 0.29) is 5.69 Å². The highest BCUT2D eigenvalue weighted by molar-refractivity contribution is 7.09. The molecule has 0 radical (unpaired) electrons. The minimum atomic E-state index is -0.549. The molecule has 1 aliphatic heterocycles. The Hall–Kier alpha value is -2.06. The predicted octanol–water partition coefficient (Wildman–Crippen LogP) is 0.663. The third-order valence-electron chi connectivity index (χ3n) is 3.62. The van der Waals surface area contributed by atoms with Gasteiger partial charge in [-0.2, -0.15) is 0 Å². The van der Waals surface area contributed by atoms with Crippen molar-refractivity contribution in [1.29, 1.82) is 0 Å². The van der Waals surface area contributed by atoms with Crippen LogP contribution in [0.5, 0.6) is 0 Å². The van der Waals surface area contributed by atoms with Crippen molar-refractivity contribution in [2.75, 3.05) is 31.1 Å². The lowest BCUT2D eigenvalue weighted by atomic mass is 10.3. The highest BCUT2D eigenvalue weighted by atomic mass is 32.1. The van der Waals surface area contributed by atoms with E-state index >= 15 is 0 Å². The highest BCUT2D eigenvalue weighted by Gasteiger charge is 2.19. The van der Waals surface area contributed by atoms with Crippen LogP contribution >= 0.6 is 11.3 Å². The molecule has 8 heteroatoms. The normalized spacial score (nSPS) is 16.0. The number of primary amides is 1. The molecule has 2 aromatic rings. The number of amides is 1. The third kappa shape index (κ3) is 3.40. The molecule has 3 rings (SSSR count). The van der Waals surface area contributed by atoms with Crippen molar-refractivity contribution in [1.82, 2.24) is 19.9 Å². The van der Waals surface area contributed by atoms with Gasteiger partial charge in [0.2, 0.25) is 0 Å². The van der Waals surface area contributed by atoms with Crippen LogP contribution in [0.1, 0.15) is 21.2 Å². The minimum absolute atomic E-state index is 0.206. The largest absolute Gasteiger partial charge is 0.364 e. The lowest BCUT2D eigenvalue weighted by Gasteiger charge is -2.34. The van der Waals surface area contributed by atoms with E-state index in [0.717, 1.165) is 43.4 Å². The number of nitrogens with two attached hydrogens (primary N) is 1. The maximum absolute atomic E-state index is 11.2. The van der Waals surface area contributed by atoms with Gasteiger partial charge in [0.1, 0.15) is 11.5 Å². The smallest absolute Gasteiger partial charge is 0.268 e. The molecule has 1 saturated heterocycles. The van der Waals surface area contributed by atoms with Crippen molar-refractivity contribution in [3.8, 4) is 0 Å². The predicted molar refractivity (Wildman–Crippen MR) is 84.9 cm³/mol. The van der Waals surface area contributed by atoms with Crippen LogP contribution in [0.4, 0.5) is 5.82 Å². The first-order valence-corrected chi connectivity index (χ1v) is 8.00. The van der Waals surface area contributed by atoms with Gasteiger partial charge in [0.05, 0.1) is 23.1 Å². The second-order valence-electron chi connectivity index (χ2n) is 5.25. The second-order valence-corrected chi connectivity index (χ2v) is 6.31. The molecule has 1 aliphatic rings. The average Bonchev–Trinajstić information content (AvgIpc) is 2.93. The van der Waals surface area contributed by atoms with Gasteiger partial charge in [-0.05, 0) is 6.92 Å². The van der Waals surface area contributed by atoms with Crippen molar-refractivity contribution >= 4 is 23.1 Å². The van der Waals surface area contributed by atoms with E-state index in [1.807, 2.05) is 6.92 Å². The van der Waals surface area contributed by atoms with Gasteiger partial charge in [0, 0.05) is 38.1 Å². The first-order chi connectivity index (χ1) is 10.6. The number of rotatable bonds is 4. The quantitative estimate of drug-likeness (QED) is 0.891. The van der Waals surface area contributed by atoms with Crippen LogP contribution in [0.2, 0.25) is 0 Å². The van der Waals surface area contributed by atoms with Crippen LogP contribution in [0.15, 0.2) is 17.8 Å². The second kappa shape index (κ2) is 6.37. The SMILES string of the molecule is Cc1nc(CN2CCN(c3cncc(C(N)=O)n3)CC2)cs1. The number of piperazine rings is 1. The van der Waals surface area contributed by atoms with Gasteiger partial charge in [0.25, 0.3) is 5.91 Å².